The van der Waals surface area contributed by atoms with E-state index in [0.717, 1.165) is 6.42 Å². The van der Waals surface area contributed by atoms with Crippen molar-refractivity contribution in [3.05, 3.63) is 0 Å². The lowest BCUT2D eigenvalue weighted by atomic mass is 10.1. The van der Waals surface area contributed by atoms with Crippen molar-refractivity contribution < 1.29 is 14.6 Å². The lowest BCUT2D eigenvalue weighted by Gasteiger charge is -2.36. The van der Waals surface area contributed by atoms with Crippen molar-refractivity contribution in [2.75, 3.05) is 19.8 Å². The summed E-state index contributed by atoms with van der Waals surface area (Å²) in [6, 6.07) is 0.290. The Morgan fingerprint density at radius 3 is 3.00 bits per heavy atom. The maximum absolute atomic E-state index is 12.0. The van der Waals surface area contributed by atoms with Gasteiger partial charge in [0.2, 0.25) is 0 Å². The number of aliphatic hydroxyl groups excluding tert-OH is 1. The van der Waals surface area contributed by atoms with E-state index < -0.39 is 0 Å². The van der Waals surface area contributed by atoms with Crippen molar-refractivity contribution in [1.29, 1.82) is 0 Å². The number of rotatable bonds is 5. The number of ether oxygens (including phenoxy) is 1. The summed E-state index contributed by atoms with van der Waals surface area (Å²) in [5.74, 6) is 0.0871. The van der Waals surface area contributed by atoms with Crippen LogP contribution in [0, 0.1) is 0 Å². The molecule has 1 fully saturated rings. The molecule has 0 aliphatic carbocycles. The molecule has 0 bridgehead atoms. The van der Waals surface area contributed by atoms with Crippen LogP contribution in [-0.2, 0) is 9.53 Å². The van der Waals surface area contributed by atoms with E-state index in [1.54, 1.807) is 0 Å². The summed E-state index contributed by atoms with van der Waals surface area (Å²) in [5, 5.41) is 8.72. The second-order valence-corrected chi connectivity index (χ2v) is 4.01. The molecule has 2 atom stereocenters. The third-order valence-corrected chi connectivity index (χ3v) is 2.96. The van der Waals surface area contributed by atoms with Crippen LogP contribution in [0.15, 0.2) is 0 Å². The summed E-state index contributed by atoms with van der Waals surface area (Å²) in [6.45, 7) is 5.58. The zero-order chi connectivity index (χ0) is 11.3. The molecule has 15 heavy (non-hydrogen) atoms. The largest absolute Gasteiger partial charge is 0.396 e. The van der Waals surface area contributed by atoms with Crippen LogP contribution in [0.25, 0.3) is 0 Å². The van der Waals surface area contributed by atoms with Crippen LogP contribution in [0.4, 0.5) is 0 Å². The predicted molar refractivity (Wildman–Crippen MR) is 57.5 cm³/mol. The van der Waals surface area contributed by atoms with Gasteiger partial charge >= 0.3 is 0 Å². The summed E-state index contributed by atoms with van der Waals surface area (Å²) >= 11 is 0. The molecular weight excluding hydrogens is 194 g/mol. The van der Waals surface area contributed by atoms with E-state index in [1.165, 1.54) is 0 Å². The fourth-order valence-corrected chi connectivity index (χ4v) is 1.80. The molecule has 0 spiro atoms. The van der Waals surface area contributed by atoms with Crippen molar-refractivity contribution in [2.45, 2.75) is 45.3 Å². The van der Waals surface area contributed by atoms with Gasteiger partial charge in [0.25, 0.3) is 5.91 Å². The van der Waals surface area contributed by atoms with Crippen LogP contribution in [0.3, 0.4) is 0 Å². The van der Waals surface area contributed by atoms with Crippen molar-refractivity contribution in [3.8, 4) is 0 Å². The minimum absolute atomic E-state index is 0.0871. The number of hydrogen-bond acceptors (Lipinski definition) is 3. The lowest BCUT2D eigenvalue weighted by Crippen LogP contribution is -2.51. The zero-order valence-electron chi connectivity index (χ0n) is 9.61. The lowest BCUT2D eigenvalue weighted by molar-refractivity contribution is -0.156. The molecule has 0 aromatic rings. The summed E-state index contributed by atoms with van der Waals surface area (Å²) in [7, 11) is 0. The molecular formula is C11H21NO3. The van der Waals surface area contributed by atoms with Crippen molar-refractivity contribution >= 4 is 5.91 Å². The van der Waals surface area contributed by atoms with Crippen LogP contribution < -0.4 is 0 Å². The summed E-state index contributed by atoms with van der Waals surface area (Å²) in [5.41, 5.74) is 0. The molecule has 1 heterocycles. The number of carbonyl (C=O) groups is 1. The van der Waals surface area contributed by atoms with Crippen LogP contribution in [0.5, 0.6) is 0 Å². The number of hydrogen-bond donors (Lipinski definition) is 1. The number of aliphatic hydroxyl groups is 1. The van der Waals surface area contributed by atoms with Crippen molar-refractivity contribution in [3.63, 3.8) is 0 Å². The second-order valence-electron chi connectivity index (χ2n) is 4.01. The van der Waals surface area contributed by atoms with Gasteiger partial charge in [-0.3, -0.25) is 4.79 Å². The summed E-state index contributed by atoms with van der Waals surface area (Å²) in [4.78, 5) is 13.8. The highest BCUT2D eigenvalue weighted by Gasteiger charge is 2.31. The first-order valence-electron chi connectivity index (χ1n) is 5.73. The molecule has 0 saturated carbocycles. The molecule has 1 amide bonds. The fourth-order valence-electron chi connectivity index (χ4n) is 1.80. The van der Waals surface area contributed by atoms with Crippen LogP contribution in [-0.4, -0.2) is 47.8 Å². The molecule has 1 aliphatic heterocycles. The number of amides is 1. The van der Waals surface area contributed by atoms with E-state index in [9.17, 15) is 4.79 Å². The van der Waals surface area contributed by atoms with Crippen molar-refractivity contribution in [2.24, 2.45) is 0 Å². The smallest absolute Gasteiger partial charge is 0.252 e. The Hall–Kier alpha value is -0.610. The zero-order valence-corrected chi connectivity index (χ0v) is 9.61. The van der Waals surface area contributed by atoms with Gasteiger partial charge in [-0.1, -0.05) is 6.92 Å². The van der Waals surface area contributed by atoms with E-state index in [0.29, 0.717) is 26.0 Å². The van der Waals surface area contributed by atoms with E-state index in [1.807, 2.05) is 4.90 Å². The molecule has 4 nitrogen and oxygen atoms in total. The molecule has 0 radical (unpaired) electrons. The molecule has 1 saturated heterocycles. The molecule has 2 unspecified atom stereocenters. The SMILES string of the molecule is CCC(C)N1CCOC(CCCO)C1=O. The van der Waals surface area contributed by atoms with Gasteiger partial charge in [0, 0.05) is 19.2 Å². The highest BCUT2D eigenvalue weighted by Crippen LogP contribution is 2.15. The first kappa shape index (κ1) is 12.5. The molecule has 0 aromatic carbocycles. The molecule has 1 aliphatic rings. The summed E-state index contributed by atoms with van der Waals surface area (Å²) < 4.78 is 5.41. The van der Waals surface area contributed by atoms with Gasteiger partial charge in [-0.15, -0.1) is 0 Å². The van der Waals surface area contributed by atoms with Gasteiger partial charge in [-0.25, -0.2) is 0 Å². The number of nitrogens with zero attached hydrogens (tertiary/aromatic N) is 1. The molecule has 4 heteroatoms. The fraction of sp³-hybridized carbons (Fsp3) is 0.909. The minimum Gasteiger partial charge on any atom is -0.396 e. The second kappa shape index (κ2) is 6.08. The third kappa shape index (κ3) is 3.18. The van der Waals surface area contributed by atoms with Gasteiger partial charge in [-0.05, 0) is 26.2 Å². The first-order valence-corrected chi connectivity index (χ1v) is 5.73. The molecule has 1 rings (SSSR count). The Morgan fingerprint density at radius 1 is 1.67 bits per heavy atom. The van der Waals surface area contributed by atoms with Crippen LogP contribution in [0.2, 0.25) is 0 Å². The molecule has 0 aromatic heterocycles. The normalized spacial score (nSPS) is 24.3. The highest BCUT2D eigenvalue weighted by atomic mass is 16.5. The Morgan fingerprint density at radius 2 is 2.40 bits per heavy atom. The van der Waals surface area contributed by atoms with Gasteiger partial charge in [0.15, 0.2) is 0 Å². The number of morpholine rings is 1. The van der Waals surface area contributed by atoms with E-state index in [2.05, 4.69) is 13.8 Å². The molecule has 88 valence electrons. The average molecular weight is 215 g/mol. The number of carbonyl (C=O) groups excluding carboxylic acids is 1. The minimum atomic E-state index is -0.333. The quantitative estimate of drug-likeness (QED) is 0.737. The monoisotopic (exact) mass is 215 g/mol. The summed E-state index contributed by atoms with van der Waals surface area (Å²) in [6.07, 6.45) is 1.89. The topological polar surface area (TPSA) is 49.8 Å². The van der Waals surface area contributed by atoms with E-state index >= 15 is 0 Å². The maximum Gasteiger partial charge on any atom is 0.252 e. The standard InChI is InChI=1S/C11H21NO3/c1-3-9(2)12-6-8-15-10(11(12)14)5-4-7-13/h9-10,13H,3-8H2,1-2H3. The van der Waals surface area contributed by atoms with E-state index in [-0.39, 0.29) is 24.7 Å². The van der Waals surface area contributed by atoms with Crippen LogP contribution >= 0.6 is 0 Å². The van der Waals surface area contributed by atoms with Crippen molar-refractivity contribution in [1.82, 2.24) is 4.90 Å². The predicted octanol–water partition coefficient (Wildman–Crippen LogP) is 0.785. The van der Waals surface area contributed by atoms with Gasteiger partial charge in [-0.2, -0.15) is 0 Å². The highest BCUT2D eigenvalue weighted by molar-refractivity contribution is 5.81. The van der Waals surface area contributed by atoms with E-state index in [4.69, 9.17) is 9.84 Å². The maximum atomic E-state index is 12.0. The van der Waals surface area contributed by atoms with Crippen LogP contribution in [0.1, 0.15) is 33.1 Å². The van der Waals surface area contributed by atoms with Gasteiger partial charge < -0.3 is 14.7 Å². The Bertz CT molecular complexity index is 208. The Balaban J connectivity index is 2.50. The first-order chi connectivity index (χ1) is 7.20. The molecule has 1 N–H and O–H groups in total. The third-order valence-electron chi connectivity index (χ3n) is 2.96. The Kier molecular flexibility index (Phi) is 5.05. The average Bonchev–Trinajstić information content (AvgIpc) is 2.27. The van der Waals surface area contributed by atoms with Gasteiger partial charge in [0.05, 0.1) is 6.61 Å². The Labute approximate surface area is 91.2 Å². The van der Waals surface area contributed by atoms with Gasteiger partial charge in [0.1, 0.15) is 6.10 Å².